The molecule has 0 radical (unpaired) electrons. The minimum absolute atomic E-state index is 0.382. The summed E-state index contributed by atoms with van der Waals surface area (Å²) in [6.45, 7) is 8.77. The summed E-state index contributed by atoms with van der Waals surface area (Å²) in [6.07, 6.45) is 2.70. The van der Waals surface area contributed by atoms with Crippen molar-refractivity contribution in [2.45, 2.75) is 38.8 Å². The molecule has 3 heterocycles. The molecular formula is C25H31N4O4+. The predicted molar refractivity (Wildman–Crippen MR) is 129 cm³/mol. The molecule has 0 amide bonds. The Kier molecular flexibility index (Phi) is 6.12. The van der Waals surface area contributed by atoms with E-state index in [4.69, 9.17) is 0 Å². The van der Waals surface area contributed by atoms with Gasteiger partial charge in [0.05, 0.1) is 12.2 Å². The van der Waals surface area contributed by atoms with Crippen LogP contribution in [0.2, 0.25) is 0 Å². The van der Waals surface area contributed by atoms with Crippen LogP contribution in [0.3, 0.4) is 0 Å². The lowest BCUT2D eigenvalue weighted by Gasteiger charge is -2.30. The van der Waals surface area contributed by atoms with Crippen LogP contribution >= 0.6 is 0 Å². The second-order valence-electron chi connectivity index (χ2n) is 8.95. The van der Waals surface area contributed by atoms with Crippen LogP contribution in [0.1, 0.15) is 41.4 Å². The van der Waals surface area contributed by atoms with Crippen molar-refractivity contribution in [2.24, 2.45) is 7.05 Å². The minimum atomic E-state index is -1.44. The number of H-pyrrole nitrogens is 1. The Balaban J connectivity index is 1.71. The van der Waals surface area contributed by atoms with Crippen LogP contribution in [0.4, 0.5) is 0 Å². The fraction of sp³-hybridized carbons (Fsp3) is 0.400. The van der Waals surface area contributed by atoms with Crippen molar-refractivity contribution in [3.05, 3.63) is 51.4 Å². The third kappa shape index (κ3) is 4.18. The van der Waals surface area contributed by atoms with E-state index in [1.807, 2.05) is 32.2 Å². The number of pyridine rings is 1. The molecule has 2 aromatic heterocycles. The number of hydrogen-bond acceptors (Lipinski definition) is 4. The number of aromatic carboxylic acids is 1. The monoisotopic (exact) mass is 451 g/mol. The fourth-order valence-electron chi connectivity index (χ4n) is 4.89. The number of nitrogens with zero attached hydrogens (tertiary/aromatic N) is 3. The fourth-order valence-corrected chi connectivity index (χ4v) is 4.89. The first kappa shape index (κ1) is 22.8. The van der Waals surface area contributed by atoms with Gasteiger partial charge in [-0.1, -0.05) is 13.0 Å². The van der Waals surface area contributed by atoms with Crippen molar-refractivity contribution in [1.82, 2.24) is 14.5 Å². The number of likely N-dealkylation sites (tertiary alicyclic amines) is 1. The number of aromatic amines is 1. The quantitative estimate of drug-likeness (QED) is 0.395. The molecule has 8 nitrogen and oxygen atoms in total. The average molecular weight is 452 g/mol. The van der Waals surface area contributed by atoms with Crippen LogP contribution < -0.4 is 5.56 Å². The number of nitrogens with one attached hydrogen (secondary N) is 1. The molecule has 3 aromatic rings. The molecule has 1 saturated heterocycles. The number of fused-ring (bicyclic) bond motifs is 1. The zero-order valence-electron chi connectivity index (χ0n) is 19.4. The molecule has 1 unspecified atom stereocenters. The van der Waals surface area contributed by atoms with Gasteiger partial charge >= 0.3 is 5.97 Å². The topological polar surface area (TPSA) is 102 Å². The third-order valence-electron chi connectivity index (χ3n) is 6.78. The number of piperidine rings is 1. The summed E-state index contributed by atoms with van der Waals surface area (Å²) in [5.41, 5.74) is 2.44. The van der Waals surface area contributed by atoms with Crippen LogP contribution in [0.25, 0.3) is 22.2 Å². The smallest absolute Gasteiger partial charge is 0.345 e. The number of carboxylic acid groups (broad SMARTS) is 1. The van der Waals surface area contributed by atoms with Crippen molar-refractivity contribution in [3.8, 4) is 17.0 Å². The zero-order valence-corrected chi connectivity index (χ0v) is 19.4. The molecule has 1 aromatic carbocycles. The summed E-state index contributed by atoms with van der Waals surface area (Å²) in [5.74, 6) is -1.91. The lowest BCUT2D eigenvalue weighted by atomic mass is 9.99. The van der Waals surface area contributed by atoms with Gasteiger partial charge in [0.15, 0.2) is 11.6 Å². The van der Waals surface area contributed by atoms with E-state index in [-0.39, 0.29) is 0 Å². The van der Waals surface area contributed by atoms with Gasteiger partial charge in [0.1, 0.15) is 19.5 Å². The highest BCUT2D eigenvalue weighted by atomic mass is 16.4. The van der Waals surface area contributed by atoms with Gasteiger partial charge in [-0.3, -0.25) is 9.69 Å². The van der Waals surface area contributed by atoms with Gasteiger partial charge in [-0.05, 0) is 43.1 Å². The molecule has 1 fully saturated rings. The van der Waals surface area contributed by atoms with Gasteiger partial charge in [0.25, 0.3) is 5.56 Å². The number of likely N-dealkylation sites (N-methyl/N-ethyl adjacent to an activating group) is 1. The van der Waals surface area contributed by atoms with Gasteiger partial charge < -0.3 is 19.8 Å². The highest BCUT2D eigenvalue weighted by molar-refractivity contribution is 5.92. The number of carboxylic acids is 1. The number of aromatic nitrogens is 2. The maximum absolute atomic E-state index is 12.3. The summed E-state index contributed by atoms with van der Waals surface area (Å²) in [7, 11) is 4.08. The number of rotatable bonds is 6. The number of benzene rings is 1. The molecule has 1 aliphatic rings. The number of aryl methyl sites for hydroxylation is 1. The summed E-state index contributed by atoms with van der Waals surface area (Å²) in [6, 6.07) is 8.49. The minimum Gasteiger partial charge on any atom is -0.506 e. The molecule has 4 rings (SSSR count). The van der Waals surface area contributed by atoms with Crippen LogP contribution in [0.5, 0.6) is 5.75 Å². The Hall–Kier alpha value is -3.39. The van der Waals surface area contributed by atoms with Crippen molar-refractivity contribution in [3.63, 3.8) is 0 Å². The summed E-state index contributed by atoms with van der Waals surface area (Å²) in [4.78, 5) is 28.9. The van der Waals surface area contributed by atoms with Crippen molar-refractivity contribution in [1.29, 1.82) is 0 Å². The average Bonchev–Trinajstić information content (AvgIpc) is 3.07. The van der Waals surface area contributed by atoms with Crippen LogP contribution in [-0.4, -0.2) is 68.1 Å². The van der Waals surface area contributed by atoms with E-state index < -0.39 is 22.8 Å². The summed E-state index contributed by atoms with van der Waals surface area (Å²) < 4.78 is 4.24. The van der Waals surface area contributed by atoms with E-state index in [0.29, 0.717) is 23.7 Å². The molecule has 174 valence electrons. The Morgan fingerprint density at radius 2 is 2.09 bits per heavy atom. The van der Waals surface area contributed by atoms with Gasteiger partial charge in [-0.15, -0.1) is 0 Å². The Morgan fingerprint density at radius 1 is 1.33 bits per heavy atom. The first-order valence-electron chi connectivity index (χ1n) is 11.3. The lowest BCUT2D eigenvalue weighted by molar-refractivity contribution is -0.534. The Morgan fingerprint density at radius 3 is 2.76 bits per heavy atom. The van der Waals surface area contributed by atoms with Crippen molar-refractivity contribution in [2.75, 3.05) is 20.1 Å². The van der Waals surface area contributed by atoms with E-state index in [2.05, 4.69) is 38.9 Å². The molecule has 0 saturated carbocycles. The van der Waals surface area contributed by atoms with Crippen LogP contribution in [0, 0.1) is 0 Å². The molecule has 33 heavy (non-hydrogen) atoms. The van der Waals surface area contributed by atoms with Crippen LogP contribution in [0.15, 0.2) is 29.1 Å². The van der Waals surface area contributed by atoms with Gasteiger partial charge in [0, 0.05) is 42.2 Å². The third-order valence-corrected chi connectivity index (χ3v) is 6.78. The van der Waals surface area contributed by atoms with E-state index in [9.17, 15) is 19.8 Å². The van der Waals surface area contributed by atoms with Crippen molar-refractivity contribution < 1.29 is 19.6 Å². The molecule has 0 bridgehead atoms. The van der Waals surface area contributed by atoms with E-state index in [1.165, 1.54) is 12.1 Å². The predicted octanol–water partition coefficient (Wildman–Crippen LogP) is 2.81. The normalized spacial score (nSPS) is 16.9. The largest absolute Gasteiger partial charge is 0.506 e. The number of carbonyl (C=O) groups is 1. The standard InChI is InChI=1S/C25H30N4O4/c1-5-19-22(26-24(31)21(23(19)30)25(32)33)15-8-9-20-16(11-15)12-18(28(20)4)14-29-10-6-7-17(13-29)27(2)3/h8-9,11-12,17H,2,5-7,10,13-14H2,1,3-4H3,(H2-,26,30,31,32,33)/p+1. The highest BCUT2D eigenvalue weighted by Gasteiger charge is 2.26. The maximum atomic E-state index is 12.3. The molecule has 1 aliphatic heterocycles. The zero-order chi connectivity index (χ0) is 23.9. The Labute approximate surface area is 192 Å². The van der Waals surface area contributed by atoms with Gasteiger partial charge in [-0.25, -0.2) is 9.37 Å². The summed E-state index contributed by atoms with van der Waals surface area (Å²) in [5, 5.41) is 20.8. The second-order valence-corrected chi connectivity index (χ2v) is 8.95. The molecule has 0 aliphatic carbocycles. The first-order chi connectivity index (χ1) is 15.7. The summed E-state index contributed by atoms with van der Waals surface area (Å²) >= 11 is 0. The Bertz CT molecular complexity index is 1300. The number of aromatic hydroxyl groups is 1. The van der Waals surface area contributed by atoms with Crippen LogP contribution in [-0.2, 0) is 20.0 Å². The molecule has 8 heteroatoms. The number of hydrogen-bond donors (Lipinski definition) is 3. The highest BCUT2D eigenvalue weighted by Crippen LogP contribution is 2.32. The second kappa shape index (κ2) is 8.86. The lowest BCUT2D eigenvalue weighted by Crippen LogP contribution is -2.42. The van der Waals surface area contributed by atoms with E-state index in [0.717, 1.165) is 42.5 Å². The molecule has 1 atom stereocenters. The molecular weight excluding hydrogens is 420 g/mol. The maximum Gasteiger partial charge on any atom is 0.345 e. The molecule has 3 N–H and O–H groups in total. The SMILES string of the molecule is C=[N+](C)C1CCCN(Cc2cc3cc(-c4[nH]c(=O)c(C(=O)O)c(O)c4CC)ccc3n2C)C1. The molecule has 0 spiro atoms. The van der Waals surface area contributed by atoms with Crippen molar-refractivity contribution >= 4 is 23.6 Å². The van der Waals surface area contributed by atoms with Gasteiger partial charge in [0.2, 0.25) is 0 Å². The van der Waals surface area contributed by atoms with Gasteiger partial charge in [-0.2, -0.15) is 0 Å². The van der Waals surface area contributed by atoms with E-state index in [1.54, 1.807) is 0 Å². The van der Waals surface area contributed by atoms with E-state index >= 15 is 0 Å². The first-order valence-corrected chi connectivity index (χ1v) is 11.3.